The largest absolute Gasteiger partial charge is 0.494 e. The summed E-state index contributed by atoms with van der Waals surface area (Å²) < 4.78 is 7.14. The van der Waals surface area contributed by atoms with Gasteiger partial charge >= 0.3 is 0 Å². The molecule has 1 N–H and O–H groups in total. The first-order valence-corrected chi connectivity index (χ1v) is 11.0. The number of hydrogen-bond donors (Lipinski definition) is 1. The molecule has 0 saturated heterocycles. The molecule has 2 amide bonds. The summed E-state index contributed by atoms with van der Waals surface area (Å²) in [5.41, 5.74) is 3.21. The number of nitrogens with zero attached hydrogens (tertiary/aromatic N) is 3. The second kappa shape index (κ2) is 9.87. The number of carbonyl (C=O) groups excluding carboxylic acids is 2. The number of halogens is 1. The molecule has 0 fully saturated rings. The van der Waals surface area contributed by atoms with Crippen molar-refractivity contribution >= 4 is 23.4 Å². The molecule has 1 aliphatic rings. The molecule has 0 bridgehead atoms. The van der Waals surface area contributed by atoms with Gasteiger partial charge < -0.3 is 15.0 Å². The van der Waals surface area contributed by atoms with Gasteiger partial charge in [0.1, 0.15) is 11.4 Å². The van der Waals surface area contributed by atoms with Gasteiger partial charge in [0.15, 0.2) is 0 Å². The Kier molecular flexibility index (Phi) is 6.75. The zero-order chi connectivity index (χ0) is 22.5. The number of amides is 2. The number of ether oxygens (including phenoxy) is 1. The molecule has 8 heteroatoms. The van der Waals surface area contributed by atoms with E-state index in [-0.39, 0.29) is 18.4 Å². The Balaban J connectivity index is 1.30. The number of fused-ring (bicyclic) bond motifs is 1. The van der Waals surface area contributed by atoms with Crippen molar-refractivity contribution in [3.63, 3.8) is 0 Å². The number of aromatic nitrogens is 2. The molecule has 0 aliphatic carbocycles. The van der Waals surface area contributed by atoms with Gasteiger partial charge in [-0.2, -0.15) is 5.10 Å². The third-order valence-electron chi connectivity index (χ3n) is 5.31. The first-order valence-electron chi connectivity index (χ1n) is 10.6. The van der Waals surface area contributed by atoms with Crippen LogP contribution in [0.25, 0.3) is 11.3 Å². The second-order valence-corrected chi connectivity index (χ2v) is 7.98. The molecule has 0 saturated carbocycles. The first kappa shape index (κ1) is 21.9. The highest BCUT2D eigenvalue weighted by Crippen LogP contribution is 2.23. The number of benzene rings is 2. The molecule has 0 radical (unpaired) electrons. The fraction of sp³-hybridized carbons (Fsp3) is 0.292. The van der Waals surface area contributed by atoms with Gasteiger partial charge in [-0.3, -0.25) is 14.3 Å². The summed E-state index contributed by atoms with van der Waals surface area (Å²) in [4.78, 5) is 26.8. The van der Waals surface area contributed by atoms with Gasteiger partial charge in [-0.05, 0) is 49.2 Å². The van der Waals surface area contributed by atoms with E-state index < -0.39 is 0 Å². The Labute approximate surface area is 191 Å². The lowest BCUT2D eigenvalue weighted by Gasteiger charge is -2.26. The van der Waals surface area contributed by atoms with Crippen molar-refractivity contribution in [2.75, 3.05) is 26.2 Å². The lowest BCUT2D eigenvalue weighted by atomic mass is 10.1. The van der Waals surface area contributed by atoms with Crippen molar-refractivity contribution in [2.45, 2.75) is 19.9 Å². The van der Waals surface area contributed by atoms with Crippen LogP contribution in [0, 0.1) is 0 Å². The van der Waals surface area contributed by atoms with Crippen molar-refractivity contribution in [1.82, 2.24) is 20.0 Å². The van der Waals surface area contributed by atoms with E-state index in [1.54, 1.807) is 27.8 Å². The van der Waals surface area contributed by atoms with Crippen LogP contribution in [0.1, 0.15) is 23.0 Å². The molecule has 0 unspecified atom stereocenters. The van der Waals surface area contributed by atoms with Gasteiger partial charge in [-0.1, -0.05) is 35.9 Å². The number of hydrogen-bond acceptors (Lipinski definition) is 4. The molecule has 2 aromatic carbocycles. The summed E-state index contributed by atoms with van der Waals surface area (Å²) in [6.45, 7) is 4.11. The molecular formula is C24H25ClN4O3. The van der Waals surface area contributed by atoms with E-state index >= 15 is 0 Å². The minimum absolute atomic E-state index is 0.0313. The van der Waals surface area contributed by atoms with E-state index in [4.69, 9.17) is 16.3 Å². The van der Waals surface area contributed by atoms with Crippen LogP contribution in [0.2, 0.25) is 5.02 Å². The summed E-state index contributed by atoms with van der Waals surface area (Å²) in [5.74, 6) is 0.475. The monoisotopic (exact) mass is 452 g/mol. The average molecular weight is 453 g/mol. The minimum atomic E-state index is -0.189. The van der Waals surface area contributed by atoms with Gasteiger partial charge in [-0.25, -0.2) is 0 Å². The lowest BCUT2D eigenvalue weighted by Crippen LogP contribution is -2.46. The molecule has 166 valence electrons. The van der Waals surface area contributed by atoms with Gasteiger partial charge in [-0.15, -0.1) is 0 Å². The molecule has 7 nitrogen and oxygen atoms in total. The quantitative estimate of drug-likeness (QED) is 0.568. The van der Waals surface area contributed by atoms with Gasteiger partial charge in [0.2, 0.25) is 5.91 Å². The molecule has 0 atom stereocenters. The summed E-state index contributed by atoms with van der Waals surface area (Å²) >= 11 is 5.95. The number of rotatable bonds is 8. The van der Waals surface area contributed by atoms with E-state index in [1.807, 2.05) is 43.3 Å². The summed E-state index contributed by atoms with van der Waals surface area (Å²) in [5, 5.41) is 8.08. The smallest absolute Gasteiger partial charge is 0.272 e. The van der Waals surface area contributed by atoms with Crippen LogP contribution in [0.5, 0.6) is 5.75 Å². The Hall–Kier alpha value is -3.32. The Morgan fingerprint density at radius 2 is 1.88 bits per heavy atom. The Morgan fingerprint density at radius 1 is 1.12 bits per heavy atom. The summed E-state index contributed by atoms with van der Waals surface area (Å²) in [6.07, 6.45) is 0.712. The summed E-state index contributed by atoms with van der Waals surface area (Å²) in [7, 11) is 0. The fourth-order valence-corrected chi connectivity index (χ4v) is 3.77. The lowest BCUT2D eigenvalue weighted by molar-refractivity contribution is -0.121. The highest BCUT2D eigenvalue weighted by Gasteiger charge is 2.28. The SMILES string of the molecule is CCOc1ccc(CCNC(=O)CN2CCn3nc(-c4ccc(Cl)cc4)cc3C2=O)cc1. The second-order valence-electron chi connectivity index (χ2n) is 7.55. The van der Waals surface area contributed by atoms with E-state index in [9.17, 15) is 9.59 Å². The van der Waals surface area contributed by atoms with Crippen LogP contribution >= 0.6 is 11.6 Å². The number of nitrogens with one attached hydrogen (secondary N) is 1. The third-order valence-corrected chi connectivity index (χ3v) is 5.56. The highest BCUT2D eigenvalue weighted by atomic mass is 35.5. The standard InChI is InChI=1S/C24H25ClN4O3/c1-2-32-20-9-3-17(4-10-20)11-12-26-23(30)16-28-13-14-29-22(24(28)31)15-21(27-29)18-5-7-19(25)8-6-18/h3-10,15H,2,11-14,16H2,1H3,(H,26,30). The minimum Gasteiger partial charge on any atom is -0.494 e. The normalized spacial score (nSPS) is 13.1. The van der Waals surface area contributed by atoms with Crippen LogP contribution in [-0.4, -0.2) is 52.7 Å². The van der Waals surface area contributed by atoms with Crippen LogP contribution in [-0.2, 0) is 17.8 Å². The maximum absolute atomic E-state index is 12.9. The zero-order valence-electron chi connectivity index (χ0n) is 17.9. The molecule has 1 aliphatic heterocycles. The molecular weight excluding hydrogens is 428 g/mol. The van der Waals surface area contributed by atoms with Gasteiger partial charge in [0.25, 0.3) is 5.91 Å². The molecule has 0 spiro atoms. The van der Waals surface area contributed by atoms with Crippen LogP contribution < -0.4 is 10.1 Å². The van der Waals surface area contributed by atoms with Gasteiger partial charge in [0.05, 0.1) is 25.4 Å². The van der Waals surface area contributed by atoms with Crippen LogP contribution in [0.15, 0.2) is 54.6 Å². The Bertz CT molecular complexity index is 1090. The Morgan fingerprint density at radius 3 is 2.59 bits per heavy atom. The maximum atomic E-state index is 12.9. The topological polar surface area (TPSA) is 76.5 Å². The van der Waals surface area contributed by atoms with Crippen molar-refractivity contribution in [2.24, 2.45) is 0 Å². The predicted octanol–water partition coefficient (Wildman–Crippen LogP) is 3.42. The van der Waals surface area contributed by atoms with E-state index in [2.05, 4.69) is 10.4 Å². The van der Waals surface area contributed by atoms with Crippen LogP contribution in [0.4, 0.5) is 0 Å². The predicted molar refractivity (Wildman–Crippen MR) is 123 cm³/mol. The molecule has 3 aromatic rings. The van der Waals surface area contributed by atoms with Crippen molar-refractivity contribution in [1.29, 1.82) is 0 Å². The maximum Gasteiger partial charge on any atom is 0.272 e. The third kappa shape index (κ3) is 5.11. The summed E-state index contributed by atoms with van der Waals surface area (Å²) in [6, 6.07) is 16.9. The van der Waals surface area contributed by atoms with Crippen molar-refractivity contribution in [3.8, 4) is 17.0 Å². The molecule has 32 heavy (non-hydrogen) atoms. The number of carbonyl (C=O) groups is 2. The van der Waals surface area contributed by atoms with Crippen LogP contribution in [0.3, 0.4) is 0 Å². The molecule has 4 rings (SSSR count). The fourth-order valence-electron chi connectivity index (χ4n) is 3.65. The molecule has 1 aromatic heterocycles. The first-order chi connectivity index (χ1) is 15.5. The van der Waals surface area contributed by atoms with E-state index in [0.29, 0.717) is 49.1 Å². The van der Waals surface area contributed by atoms with Crippen molar-refractivity contribution in [3.05, 3.63) is 70.9 Å². The van der Waals surface area contributed by atoms with E-state index in [1.165, 1.54) is 0 Å². The zero-order valence-corrected chi connectivity index (χ0v) is 18.6. The van der Waals surface area contributed by atoms with E-state index in [0.717, 1.165) is 16.9 Å². The average Bonchev–Trinajstić information content (AvgIpc) is 3.23. The van der Waals surface area contributed by atoms with Crippen molar-refractivity contribution < 1.29 is 14.3 Å². The highest BCUT2D eigenvalue weighted by molar-refractivity contribution is 6.30. The molecule has 2 heterocycles. The van der Waals surface area contributed by atoms with Gasteiger partial charge in [0, 0.05) is 23.7 Å².